The molecule has 0 aliphatic carbocycles. The van der Waals surface area contributed by atoms with E-state index in [2.05, 4.69) is 15.6 Å². The molecular formula is C14H23N4O3S. The van der Waals surface area contributed by atoms with Gasteiger partial charge < -0.3 is 15.2 Å². The first-order valence-electron chi connectivity index (χ1n) is 7.45. The Morgan fingerprint density at radius 1 is 1.45 bits per heavy atom. The maximum Gasteiger partial charge on any atom is 0.315 e. The smallest absolute Gasteiger partial charge is 0.315 e. The van der Waals surface area contributed by atoms with Crippen LogP contribution in [0, 0.1) is 0 Å². The summed E-state index contributed by atoms with van der Waals surface area (Å²) in [6.07, 6.45) is 3.04. The minimum Gasteiger partial charge on any atom is -0.335 e. The lowest BCUT2D eigenvalue weighted by Crippen LogP contribution is -2.50. The average Bonchev–Trinajstić information content (AvgIpc) is 2.54. The van der Waals surface area contributed by atoms with Crippen molar-refractivity contribution in [2.75, 3.05) is 18.8 Å². The Balaban J connectivity index is 1.72. The van der Waals surface area contributed by atoms with E-state index < -0.39 is 10.4 Å². The number of piperidine rings is 1. The maximum absolute atomic E-state index is 11.9. The van der Waals surface area contributed by atoms with Gasteiger partial charge in [-0.25, -0.2) is 13.3 Å². The highest BCUT2D eigenvalue weighted by Gasteiger charge is 2.28. The number of rotatable bonds is 5. The molecule has 2 rings (SSSR count). The van der Waals surface area contributed by atoms with Crippen LogP contribution in [0.5, 0.6) is 0 Å². The van der Waals surface area contributed by atoms with Crippen LogP contribution in [-0.4, -0.2) is 49.0 Å². The van der Waals surface area contributed by atoms with Gasteiger partial charge in [-0.1, -0.05) is 13.0 Å². The van der Waals surface area contributed by atoms with Gasteiger partial charge in [0.1, 0.15) is 10.4 Å². The Labute approximate surface area is 131 Å². The van der Waals surface area contributed by atoms with E-state index in [9.17, 15) is 13.6 Å². The molecule has 1 aliphatic rings. The molecule has 7 nitrogen and oxygen atoms in total. The van der Waals surface area contributed by atoms with Crippen LogP contribution in [0.2, 0.25) is 0 Å². The van der Waals surface area contributed by atoms with Crippen molar-refractivity contribution < 1.29 is 13.6 Å². The van der Waals surface area contributed by atoms with Gasteiger partial charge >= 0.3 is 6.03 Å². The number of hydrogen-bond donors (Lipinski definition) is 3. The molecule has 1 aromatic heterocycles. The fourth-order valence-electron chi connectivity index (χ4n) is 2.38. The van der Waals surface area contributed by atoms with Crippen LogP contribution in [0.15, 0.2) is 24.4 Å². The standard InChI is InChI=1S/C14H23N4O3S/c1-2-22(20,21)18-9-6-12(7-10-18)17-14(19)16-11-13-5-3-4-8-15-13/h3-5,8,12H,2,6-7,9-11H2,1H3,(H,20,21)(H2,16,17,19). The third-order valence-corrected chi connectivity index (χ3v) is 5.65. The van der Waals surface area contributed by atoms with Crippen LogP contribution in [0.4, 0.5) is 4.79 Å². The third kappa shape index (κ3) is 4.75. The zero-order valence-corrected chi connectivity index (χ0v) is 13.5. The van der Waals surface area contributed by atoms with Gasteiger partial charge in [0.25, 0.3) is 0 Å². The lowest BCUT2D eigenvalue weighted by atomic mass is 10.1. The van der Waals surface area contributed by atoms with Crippen molar-refractivity contribution in [3.63, 3.8) is 0 Å². The predicted octanol–water partition coefficient (Wildman–Crippen LogP) is 1.04. The monoisotopic (exact) mass is 327 g/mol. The van der Waals surface area contributed by atoms with Gasteiger partial charge in [0, 0.05) is 31.1 Å². The number of carbonyl (C=O) groups excluding carboxylic acids is 1. The number of nitrogens with zero attached hydrogens (tertiary/aromatic N) is 2. The SMILES string of the molecule is CC[S](=O)(O)N1CCC(NC(=O)NCc2ccccn2)CC1. The van der Waals surface area contributed by atoms with Crippen molar-refractivity contribution in [2.45, 2.75) is 32.4 Å². The molecule has 1 atom stereocenters. The number of nitrogens with one attached hydrogen (secondary N) is 2. The second kappa shape index (κ2) is 7.66. The molecule has 0 aromatic carbocycles. The summed E-state index contributed by atoms with van der Waals surface area (Å²) in [6, 6.07) is 5.35. The molecule has 0 bridgehead atoms. The molecule has 2 amide bonds. The van der Waals surface area contributed by atoms with Gasteiger partial charge in [0.05, 0.1) is 12.2 Å². The zero-order valence-electron chi connectivity index (χ0n) is 12.7. The second-order valence-electron chi connectivity index (χ2n) is 5.25. The Morgan fingerprint density at radius 2 is 2.18 bits per heavy atom. The number of aromatic nitrogens is 1. The number of hydrogen-bond acceptors (Lipinski definition) is 3. The number of pyridine rings is 1. The van der Waals surface area contributed by atoms with Gasteiger partial charge in [-0.2, -0.15) is 0 Å². The molecule has 1 aromatic rings. The van der Waals surface area contributed by atoms with E-state index >= 15 is 0 Å². The highest BCUT2D eigenvalue weighted by molar-refractivity contribution is 7.95. The fraction of sp³-hybridized carbons (Fsp3) is 0.571. The normalized spacial score (nSPS) is 19.4. The van der Waals surface area contributed by atoms with Gasteiger partial charge in [0.15, 0.2) is 0 Å². The van der Waals surface area contributed by atoms with Gasteiger partial charge in [-0.15, -0.1) is 0 Å². The van der Waals surface area contributed by atoms with Crippen LogP contribution in [-0.2, 0) is 16.9 Å². The van der Waals surface area contributed by atoms with Crippen LogP contribution < -0.4 is 10.6 Å². The molecule has 1 aliphatic heterocycles. The molecule has 8 heteroatoms. The van der Waals surface area contributed by atoms with E-state index in [0.29, 0.717) is 32.5 Å². The van der Waals surface area contributed by atoms with Crippen LogP contribution >= 0.6 is 0 Å². The predicted molar refractivity (Wildman–Crippen MR) is 85.5 cm³/mol. The number of amides is 2. The van der Waals surface area contributed by atoms with Gasteiger partial charge in [0.2, 0.25) is 0 Å². The molecule has 2 heterocycles. The summed E-state index contributed by atoms with van der Waals surface area (Å²) < 4.78 is 23.3. The molecule has 1 unspecified atom stereocenters. The summed E-state index contributed by atoms with van der Waals surface area (Å²) in [5.41, 5.74) is 0.801. The topological polar surface area (TPSA) is 94.6 Å². The number of urea groups is 1. The summed E-state index contributed by atoms with van der Waals surface area (Å²) >= 11 is 0. The highest BCUT2D eigenvalue weighted by atomic mass is 32.3. The van der Waals surface area contributed by atoms with Gasteiger partial charge in [-0.05, 0) is 25.0 Å². The minimum absolute atomic E-state index is 0.0343. The summed E-state index contributed by atoms with van der Waals surface area (Å²) in [7, 11) is -2.87. The van der Waals surface area contributed by atoms with Gasteiger partial charge in [-0.3, -0.25) is 4.98 Å². The van der Waals surface area contributed by atoms with E-state index in [4.69, 9.17) is 0 Å². The molecule has 3 N–H and O–H groups in total. The van der Waals surface area contributed by atoms with Crippen molar-refractivity contribution >= 4 is 16.4 Å². The molecular weight excluding hydrogens is 304 g/mol. The van der Waals surface area contributed by atoms with E-state index in [0.717, 1.165) is 5.69 Å². The lowest BCUT2D eigenvalue weighted by Gasteiger charge is -2.35. The average molecular weight is 327 g/mol. The maximum atomic E-state index is 11.9. The quantitative estimate of drug-likeness (QED) is 0.753. The van der Waals surface area contributed by atoms with Crippen molar-refractivity contribution in [2.24, 2.45) is 0 Å². The molecule has 123 valence electrons. The Morgan fingerprint density at radius 3 is 2.77 bits per heavy atom. The van der Waals surface area contributed by atoms with E-state index in [1.54, 1.807) is 17.4 Å². The Kier molecular flexibility index (Phi) is 5.87. The van der Waals surface area contributed by atoms with Crippen molar-refractivity contribution in [1.29, 1.82) is 0 Å². The minimum atomic E-state index is -2.87. The third-order valence-electron chi connectivity index (χ3n) is 3.72. The largest absolute Gasteiger partial charge is 0.335 e. The summed E-state index contributed by atoms with van der Waals surface area (Å²) in [6.45, 7) is 3.13. The van der Waals surface area contributed by atoms with Crippen LogP contribution in [0.1, 0.15) is 25.5 Å². The molecule has 22 heavy (non-hydrogen) atoms. The summed E-state index contributed by atoms with van der Waals surface area (Å²) in [4.78, 5) is 16.0. The first-order valence-corrected chi connectivity index (χ1v) is 9.09. The summed E-state index contributed by atoms with van der Waals surface area (Å²) in [5.74, 6) is 0.232. The molecule has 1 radical (unpaired) electrons. The number of carbonyl (C=O) groups is 1. The summed E-state index contributed by atoms with van der Waals surface area (Å²) in [5, 5.41) is 5.67. The molecule has 1 fully saturated rings. The first-order chi connectivity index (χ1) is 10.5. The Bertz CT molecular complexity index is 532. The molecule has 0 spiro atoms. The van der Waals surface area contributed by atoms with Crippen molar-refractivity contribution in [3.8, 4) is 0 Å². The highest BCUT2D eigenvalue weighted by Crippen LogP contribution is 2.17. The van der Waals surface area contributed by atoms with Crippen LogP contribution in [0.25, 0.3) is 0 Å². The van der Waals surface area contributed by atoms with Crippen molar-refractivity contribution in [1.82, 2.24) is 19.9 Å². The molecule has 1 saturated heterocycles. The Hall–Kier alpha value is -1.51. The van der Waals surface area contributed by atoms with E-state index in [-0.39, 0.29) is 17.8 Å². The molecule has 0 saturated carbocycles. The zero-order chi connectivity index (χ0) is 16.0. The fourth-order valence-corrected chi connectivity index (χ4v) is 3.52. The van der Waals surface area contributed by atoms with E-state index in [1.807, 2.05) is 18.2 Å². The van der Waals surface area contributed by atoms with E-state index in [1.165, 1.54) is 0 Å². The second-order valence-corrected chi connectivity index (χ2v) is 7.55. The van der Waals surface area contributed by atoms with Crippen LogP contribution in [0.3, 0.4) is 0 Å². The van der Waals surface area contributed by atoms with Crippen molar-refractivity contribution in [3.05, 3.63) is 30.1 Å². The lowest BCUT2D eigenvalue weighted by molar-refractivity contribution is 0.226. The first kappa shape index (κ1) is 16.9.